The number of benzene rings is 2. The van der Waals surface area contributed by atoms with E-state index in [1.165, 1.54) is 6.07 Å². The third-order valence-electron chi connectivity index (χ3n) is 5.50. The molecule has 4 aromatic rings. The summed E-state index contributed by atoms with van der Waals surface area (Å²) in [5.74, 6) is -1.00. The summed E-state index contributed by atoms with van der Waals surface area (Å²) >= 11 is 0. The molecule has 1 amide bonds. The second-order valence-electron chi connectivity index (χ2n) is 7.24. The molecule has 5 rings (SSSR count). The van der Waals surface area contributed by atoms with Crippen LogP contribution in [0, 0.1) is 5.82 Å². The molecule has 1 atom stereocenters. The number of aromatic nitrogens is 2. The molecule has 2 heterocycles. The van der Waals surface area contributed by atoms with Gasteiger partial charge in [-0.2, -0.15) is 0 Å². The molecule has 5 nitrogen and oxygen atoms in total. The molecule has 0 saturated carbocycles. The Morgan fingerprint density at radius 2 is 2.14 bits per heavy atom. The SMILES string of the molecule is C=CC(=O)Nc1cc(-c2cc3c(ccc4c5c([nH]c43)CCC5O)cn2)ccc1F. The van der Waals surface area contributed by atoms with E-state index in [-0.39, 0.29) is 5.69 Å². The number of hydrogen-bond donors (Lipinski definition) is 3. The van der Waals surface area contributed by atoms with Gasteiger partial charge in [0.1, 0.15) is 5.82 Å². The normalized spacial score (nSPS) is 15.6. The Hall–Kier alpha value is -3.51. The molecular formula is C23H18FN3O2. The Bertz CT molecular complexity index is 1310. The van der Waals surface area contributed by atoms with Crippen LogP contribution in [0.4, 0.5) is 10.1 Å². The average Bonchev–Trinajstić information content (AvgIpc) is 3.29. The monoisotopic (exact) mass is 387 g/mol. The van der Waals surface area contributed by atoms with E-state index >= 15 is 0 Å². The van der Waals surface area contributed by atoms with Gasteiger partial charge in [-0.3, -0.25) is 9.78 Å². The number of anilines is 1. The second-order valence-corrected chi connectivity index (χ2v) is 7.24. The molecule has 1 aliphatic carbocycles. The van der Waals surface area contributed by atoms with E-state index in [2.05, 4.69) is 21.9 Å². The van der Waals surface area contributed by atoms with E-state index < -0.39 is 17.8 Å². The molecule has 0 saturated heterocycles. The number of carbonyl (C=O) groups is 1. The molecule has 29 heavy (non-hydrogen) atoms. The van der Waals surface area contributed by atoms with Crippen molar-refractivity contribution in [2.24, 2.45) is 0 Å². The van der Waals surface area contributed by atoms with E-state index in [1.54, 1.807) is 18.3 Å². The highest BCUT2D eigenvalue weighted by Crippen LogP contribution is 2.39. The Balaban J connectivity index is 1.66. The number of fused-ring (bicyclic) bond motifs is 5. The summed E-state index contributed by atoms with van der Waals surface area (Å²) in [6.45, 7) is 3.39. The van der Waals surface area contributed by atoms with E-state index in [9.17, 15) is 14.3 Å². The van der Waals surface area contributed by atoms with Crippen molar-refractivity contribution >= 4 is 33.3 Å². The maximum absolute atomic E-state index is 14.1. The fourth-order valence-corrected chi connectivity index (χ4v) is 4.08. The quantitative estimate of drug-likeness (QED) is 0.449. The van der Waals surface area contributed by atoms with Crippen LogP contribution < -0.4 is 5.32 Å². The predicted molar refractivity (Wildman–Crippen MR) is 111 cm³/mol. The number of nitrogens with one attached hydrogen (secondary N) is 2. The van der Waals surface area contributed by atoms with Crippen molar-refractivity contribution < 1.29 is 14.3 Å². The summed E-state index contributed by atoms with van der Waals surface area (Å²) in [5, 5.41) is 15.8. The first-order valence-electron chi connectivity index (χ1n) is 9.40. The van der Waals surface area contributed by atoms with Gasteiger partial charge in [0.25, 0.3) is 0 Å². The summed E-state index contributed by atoms with van der Waals surface area (Å²) < 4.78 is 14.1. The summed E-state index contributed by atoms with van der Waals surface area (Å²) in [6, 6.07) is 10.5. The number of aromatic amines is 1. The topological polar surface area (TPSA) is 78.0 Å². The molecule has 1 unspecified atom stereocenters. The third kappa shape index (κ3) is 2.80. The number of rotatable bonds is 3. The first kappa shape index (κ1) is 17.6. The zero-order valence-corrected chi connectivity index (χ0v) is 15.5. The van der Waals surface area contributed by atoms with Crippen molar-refractivity contribution in [3.05, 3.63) is 72.3 Å². The van der Waals surface area contributed by atoms with Gasteiger partial charge < -0.3 is 15.4 Å². The van der Waals surface area contributed by atoms with Crippen LogP contribution in [-0.2, 0) is 11.2 Å². The van der Waals surface area contributed by atoms with Crippen molar-refractivity contribution in [1.29, 1.82) is 0 Å². The van der Waals surface area contributed by atoms with Gasteiger partial charge in [-0.1, -0.05) is 18.7 Å². The lowest BCUT2D eigenvalue weighted by Gasteiger charge is -2.09. The predicted octanol–water partition coefficient (Wildman–Crippen LogP) is 4.63. The molecule has 2 aromatic carbocycles. The highest BCUT2D eigenvalue weighted by Gasteiger charge is 2.25. The second kappa shape index (κ2) is 6.53. The number of hydrogen-bond acceptors (Lipinski definition) is 3. The van der Waals surface area contributed by atoms with Crippen LogP contribution in [0.5, 0.6) is 0 Å². The fourth-order valence-electron chi connectivity index (χ4n) is 4.08. The molecule has 0 spiro atoms. The van der Waals surface area contributed by atoms with Crippen molar-refractivity contribution in [2.45, 2.75) is 18.9 Å². The van der Waals surface area contributed by atoms with Crippen molar-refractivity contribution in [1.82, 2.24) is 9.97 Å². The minimum Gasteiger partial charge on any atom is -0.388 e. The molecule has 0 fully saturated rings. The van der Waals surface area contributed by atoms with E-state index in [0.717, 1.165) is 51.9 Å². The first-order chi connectivity index (χ1) is 14.0. The van der Waals surface area contributed by atoms with Crippen molar-refractivity contribution in [3.8, 4) is 11.3 Å². The smallest absolute Gasteiger partial charge is 0.247 e. The maximum atomic E-state index is 14.1. The minimum absolute atomic E-state index is 0.0782. The minimum atomic E-state index is -0.526. The molecule has 6 heteroatoms. The first-order valence-corrected chi connectivity index (χ1v) is 9.40. The Morgan fingerprint density at radius 1 is 1.28 bits per heavy atom. The standard InChI is InChI=1S/C23H18FN3O2/c1-2-21(29)26-19-9-12(4-6-16(19)24)18-10-15-13(11-25-18)3-5-14-22-17(27-23(14)15)7-8-20(22)28/h2-6,9-11,20,27-28H,1,7-8H2,(H,26,29). The van der Waals surface area contributed by atoms with Crippen molar-refractivity contribution in [2.75, 3.05) is 5.32 Å². The van der Waals surface area contributed by atoms with Gasteiger partial charge in [-0.05, 0) is 43.2 Å². The average molecular weight is 387 g/mol. The van der Waals surface area contributed by atoms with Crippen LogP contribution in [-0.4, -0.2) is 21.0 Å². The van der Waals surface area contributed by atoms with Crippen LogP contribution in [0.1, 0.15) is 23.8 Å². The number of aryl methyl sites for hydroxylation is 1. The maximum Gasteiger partial charge on any atom is 0.247 e. The Labute approximate surface area is 165 Å². The van der Waals surface area contributed by atoms with E-state index in [1.807, 2.05) is 18.2 Å². The van der Waals surface area contributed by atoms with Crippen LogP contribution in [0.2, 0.25) is 0 Å². The van der Waals surface area contributed by atoms with Gasteiger partial charge in [0.2, 0.25) is 5.91 Å². The number of pyridine rings is 1. The highest BCUT2D eigenvalue weighted by atomic mass is 19.1. The van der Waals surface area contributed by atoms with Gasteiger partial charge >= 0.3 is 0 Å². The number of nitrogens with zero attached hydrogens (tertiary/aromatic N) is 1. The summed E-state index contributed by atoms with van der Waals surface area (Å²) in [4.78, 5) is 19.5. The van der Waals surface area contributed by atoms with Gasteiger partial charge in [0, 0.05) is 39.2 Å². The third-order valence-corrected chi connectivity index (χ3v) is 5.50. The zero-order valence-electron chi connectivity index (χ0n) is 15.5. The summed E-state index contributed by atoms with van der Waals surface area (Å²) in [6.07, 6.45) is 4.00. The molecule has 144 valence electrons. The van der Waals surface area contributed by atoms with Gasteiger partial charge in [-0.25, -0.2) is 4.39 Å². The van der Waals surface area contributed by atoms with Gasteiger partial charge in [0.05, 0.1) is 23.0 Å². The van der Waals surface area contributed by atoms with Crippen LogP contribution in [0.15, 0.2) is 55.3 Å². The lowest BCUT2D eigenvalue weighted by Crippen LogP contribution is -2.08. The summed E-state index contributed by atoms with van der Waals surface area (Å²) in [7, 11) is 0. The molecule has 0 bridgehead atoms. The lowest BCUT2D eigenvalue weighted by atomic mass is 10.0. The number of H-pyrrole nitrogens is 1. The molecule has 2 aromatic heterocycles. The van der Waals surface area contributed by atoms with E-state index in [4.69, 9.17) is 0 Å². The number of aliphatic hydroxyl groups is 1. The molecule has 0 aliphatic heterocycles. The highest BCUT2D eigenvalue weighted by molar-refractivity contribution is 6.08. The lowest BCUT2D eigenvalue weighted by molar-refractivity contribution is -0.111. The van der Waals surface area contributed by atoms with E-state index in [0.29, 0.717) is 11.3 Å². The van der Waals surface area contributed by atoms with Gasteiger partial charge in [0.15, 0.2) is 0 Å². The molecule has 1 aliphatic rings. The zero-order chi connectivity index (χ0) is 20.1. The Kier molecular flexibility index (Phi) is 3.96. The molecular weight excluding hydrogens is 369 g/mol. The number of amides is 1. The Morgan fingerprint density at radius 3 is 2.97 bits per heavy atom. The number of aliphatic hydroxyl groups excluding tert-OH is 1. The fraction of sp³-hybridized carbons (Fsp3) is 0.130. The molecule has 3 N–H and O–H groups in total. The van der Waals surface area contributed by atoms with Crippen LogP contribution in [0.3, 0.4) is 0 Å². The summed E-state index contributed by atoms with van der Waals surface area (Å²) in [5.41, 5.74) is 4.45. The largest absolute Gasteiger partial charge is 0.388 e. The molecule has 0 radical (unpaired) electrons. The van der Waals surface area contributed by atoms with Crippen LogP contribution in [0.25, 0.3) is 32.9 Å². The van der Waals surface area contributed by atoms with Crippen LogP contribution >= 0.6 is 0 Å². The van der Waals surface area contributed by atoms with Crippen molar-refractivity contribution in [3.63, 3.8) is 0 Å². The van der Waals surface area contributed by atoms with Gasteiger partial charge in [-0.15, -0.1) is 0 Å². The number of halogens is 1. The number of carbonyl (C=O) groups excluding carboxylic acids is 1.